The summed E-state index contributed by atoms with van der Waals surface area (Å²) < 4.78 is 5.16. The lowest BCUT2D eigenvalue weighted by Gasteiger charge is -2.25. The van der Waals surface area contributed by atoms with E-state index in [-0.39, 0.29) is 11.9 Å². The minimum absolute atomic E-state index is 0.246. The van der Waals surface area contributed by atoms with Crippen molar-refractivity contribution in [2.45, 2.75) is 18.9 Å². The van der Waals surface area contributed by atoms with Crippen molar-refractivity contribution in [3.63, 3.8) is 0 Å². The van der Waals surface area contributed by atoms with Crippen molar-refractivity contribution < 1.29 is 9.53 Å². The molecule has 1 fully saturated rings. The molecule has 0 bridgehead atoms. The Morgan fingerprint density at radius 1 is 1.44 bits per heavy atom. The van der Waals surface area contributed by atoms with Gasteiger partial charge in [-0.3, -0.25) is 4.79 Å². The number of rotatable bonds is 4. The van der Waals surface area contributed by atoms with Crippen molar-refractivity contribution in [2.75, 3.05) is 25.7 Å². The maximum absolute atomic E-state index is 12.0. The molecule has 1 aliphatic rings. The number of amides is 1. The number of likely N-dealkylation sites (tertiary alicyclic amines) is 1. The molecule has 1 unspecified atom stereocenters. The van der Waals surface area contributed by atoms with Crippen LogP contribution in [0.5, 0.6) is 5.75 Å². The number of thioether (sulfide) groups is 1. The van der Waals surface area contributed by atoms with Gasteiger partial charge in [0, 0.05) is 6.54 Å². The normalized spacial score (nSPS) is 19.0. The molecule has 1 heterocycles. The molecule has 2 rings (SSSR count). The summed E-state index contributed by atoms with van der Waals surface area (Å²) in [4.78, 5) is 14.0. The van der Waals surface area contributed by atoms with Crippen LogP contribution in [0, 0.1) is 0 Å². The van der Waals surface area contributed by atoms with Crippen LogP contribution in [0.4, 0.5) is 0 Å². The maximum Gasteiger partial charge on any atom is 0.233 e. The minimum atomic E-state index is 0.246. The molecule has 1 saturated heterocycles. The number of hydrogen-bond acceptors (Lipinski definition) is 3. The largest absolute Gasteiger partial charge is 0.497 e. The number of benzene rings is 1. The molecule has 0 N–H and O–H groups in total. The molecule has 18 heavy (non-hydrogen) atoms. The highest BCUT2D eigenvalue weighted by molar-refractivity contribution is 7.99. The lowest BCUT2D eigenvalue weighted by Crippen LogP contribution is -2.31. The molecule has 0 radical (unpaired) electrons. The number of hydrogen-bond donors (Lipinski definition) is 0. The second kappa shape index (κ2) is 6.14. The number of carbonyl (C=O) groups is 1. The molecule has 3 nitrogen and oxygen atoms in total. The smallest absolute Gasteiger partial charge is 0.233 e. The van der Waals surface area contributed by atoms with Gasteiger partial charge in [0.05, 0.1) is 18.9 Å². The minimum Gasteiger partial charge on any atom is -0.497 e. The molecule has 1 aromatic carbocycles. The van der Waals surface area contributed by atoms with E-state index in [9.17, 15) is 4.79 Å². The number of ether oxygens (including phenoxy) is 1. The SMILES string of the molecule is COc1ccc(C2CCCN2C(=O)CSC)cc1. The van der Waals surface area contributed by atoms with Gasteiger partial charge in [0.25, 0.3) is 0 Å². The Balaban J connectivity index is 2.12. The van der Waals surface area contributed by atoms with Gasteiger partial charge in [-0.2, -0.15) is 11.8 Å². The van der Waals surface area contributed by atoms with Crippen molar-refractivity contribution in [1.29, 1.82) is 0 Å². The van der Waals surface area contributed by atoms with Crippen LogP contribution in [0.15, 0.2) is 24.3 Å². The van der Waals surface area contributed by atoms with E-state index in [1.54, 1.807) is 18.9 Å². The molecular formula is C14H19NO2S. The number of nitrogens with zero attached hydrogens (tertiary/aromatic N) is 1. The van der Waals surface area contributed by atoms with Gasteiger partial charge in [-0.15, -0.1) is 0 Å². The fourth-order valence-corrected chi connectivity index (χ4v) is 2.86. The van der Waals surface area contributed by atoms with Gasteiger partial charge in [-0.25, -0.2) is 0 Å². The lowest BCUT2D eigenvalue weighted by atomic mass is 10.0. The third-order valence-corrected chi connectivity index (χ3v) is 3.88. The molecule has 1 aliphatic heterocycles. The highest BCUT2D eigenvalue weighted by Gasteiger charge is 2.29. The van der Waals surface area contributed by atoms with E-state index >= 15 is 0 Å². The van der Waals surface area contributed by atoms with Crippen LogP contribution in [-0.2, 0) is 4.79 Å². The summed E-state index contributed by atoms with van der Waals surface area (Å²) in [5, 5.41) is 0. The summed E-state index contributed by atoms with van der Waals surface area (Å²) in [6.45, 7) is 0.885. The fourth-order valence-electron chi connectivity index (χ4n) is 2.44. The highest BCUT2D eigenvalue weighted by Crippen LogP contribution is 2.33. The zero-order chi connectivity index (χ0) is 13.0. The van der Waals surface area contributed by atoms with Crippen LogP contribution in [0.2, 0.25) is 0 Å². The summed E-state index contributed by atoms with van der Waals surface area (Å²) in [5.74, 6) is 1.69. The van der Waals surface area contributed by atoms with Crippen LogP contribution in [0.25, 0.3) is 0 Å². The zero-order valence-electron chi connectivity index (χ0n) is 10.9. The van der Waals surface area contributed by atoms with Gasteiger partial charge in [-0.1, -0.05) is 12.1 Å². The standard InChI is InChI=1S/C14H19NO2S/c1-17-12-7-5-11(6-8-12)13-4-3-9-15(13)14(16)10-18-2/h5-8,13H,3-4,9-10H2,1-2H3. The first kappa shape index (κ1) is 13.3. The third kappa shape index (κ3) is 2.80. The first-order valence-corrected chi connectivity index (χ1v) is 7.58. The molecular weight excluding hydrogens is 246 g/mol. The average molecular weight is 265 g/mol. The first-order chi connectivity index (χ1) is 8.76. The van der Waals surface area contributed by atoms with Crippen molar-refractivity contribution in [3.8, 4) is 5.75 Å². The average Bonchev–Trinajstić information content (AvgIpc) is 2.88. The molecule has 1 atom stereocenters. The van der Waals surface area contributed by atoms with Crippen LogP contribution in [-0.4, -0.2) is 36.5 Å². The molecule has 98 valence electrons. The van der Waals surface area contributed by atoms with E-state index in [4.69, 9.17) is 4.74 Å². The van der Waals surface area contributed by atoms with E-state index in [2.05, 4.69) is 12.1 Å². The Labute approximate surface area is 113 Å². The van der Waals surface area contributed by atoms with Crippen LogP contribution in [0.3, 0.4) is 0 Å². The summed E-state index contributed by atoms with van der Waals surface area (Å²) >= 11 is 1.59. The second-order valence-corrected chi connectivity index (χ2v) is 5.32. The Kier molecular flexibility index (Phi) is 4.53. The highest BCUT2D eigenvalue weighted by atomic mass is 32.2. The van der Waals surface area contributed by atoms with E-state index in [1.807, 2.05) is 23.3 Å². The van der Waals surface area contributed by atoms with E-state index in [0.717, 1.165) is 25.1 Å². The van der Waals surface area contributed by atoms with Crippen LogP contribution >= 0.6 is 11.8 Å². The molecule has 0 spiro atoms. The number of methoxy groups -OCH3 is 1. The molecule has 1 amide bonds. The van der Waals surface area contributed by atoms with E-state index in [1.165, 1.54) is 5.56 Å². The molecule has 4 heteroatoms. The molecule has 0 saturated carbocycles. The van der Waals surface area contributed by atoms with Crippen LogP contribution in [0.1, 0.15) is 24.4 Å². The quantitative estimate of drug-likeness (QED) is 0.838. The second-order valence-electron chi connectivity index (χ2n) is 4.45. The fraction of sp³-hybridized carbons (Fsp3) is 0.500. The van der Waals surface area contributed by atoms with E-state index < -0.39 is 0 Å². The number of carbonyl (C=O) groups excluding carboxylic acids is 1. The molecule has 0 aromatic heterocycles. The molecule has 0 aliphatic carbocycles. The van der Waals surface area contributed by atoms with Gasteiger partial charge >= 0.3 is 0 Å². The predicted molar refractivity (Wildman–Crippen MR) is 75.1 cm³/mol. The third-order valence-electron chi connectivity index (χ3n) is 3.34. The Bertz CT molecular complexity index is 405. The summed E-state index contributed by atoms with van der Waals surface area (Å²) in [6.07, 6.45) is 4.12. The van der Waals surface area contributed by atoms with Gasteiger partial charge in [0.2, 0.25) is 5.91 Å². The topological polar surface area (TPSA) is 29.5 Å². The van der Waals surface area contributed by atoms with Gasteiger partial charge in [-0.05, 0) is 36.8 Å². The predicted octanol–water partition coefficient (Wildman–Crippen LogP) is 2.72. The monoisotopic (exact) mass is 265 g/mol. The Morgan fingerprint density at radius 2 is 2.17 bits per heavy atom. The van der Waals surface area contributed by atoms with Gasteiger partial charge in [0.15, 0.2) is 0 Å². The summed E-state index contributed by atoms with van der Waals surface area (Å²) in [5.41, 5.74) is 1.21. The maximum atomic E-state index is 12.0. The Morgan fingerprint density at radius 3 is 2.78 bits per heavy atom. The summed E-state index contributed by atoms with van der Waals surface area (Å²) in [6, 6.07) is 8.30. The van der Waals surface area contributed by atoms with Gasteiger partial charge in [0.1, 0.15) is 5.75 Å². The van der Waals surface area contributed by atoms with Gasteiger partial charge < -0.3 is 9.64 Å². The lowest BCUT2D eigenvalue weighted by molar-refractivity contribution is -0.129. The van der Waals surface area contributed by atoms with Crippen LogP contribution < -0.4 is 4.74 Å². The van der Waals surface area contributed by atoms with Crippen molar-refractivity contribution >= 4 is 17.7 Å². The van der Waals surface area contributed by atoms with Crippen molar-refractivity contribution in [1.82, 2.24) is 4.90 Å². The zero-order valence-corrected chi connectivity index (χ0v) is 11.7. The van der Waals surface area contributed by atoms with E-state index in [0.29, 0.717) is 5.75 Å². The van der Waals surface area contributed by atoms with Crippen molar-refractivity contribution in [2.24, 2.45) is 0 Å². The summed E-state index contributed by atoms with van der Waals surface area (Å²) in [7, 11) is 1.67. The Hall–Kier alpha value is -1.16. The van der Waals surface area contributed by atoms with Crippen molar-refractivity contribution in [3.05, 3.63) is 29.8 Å². The molecule has 1 aromatic rings. The first-order valence-electron chi connectivity index (χ1n) is 6.18.